The second-order valence-corrected chi connectivity index (χ2v) is 5.50. The predicted molar refractivity (Wildman–Crippen MR) is 78.1 cm³/mol. The molecule has 0 heterocycles. The maximum absolute atomic E-state index is 5.29. The smallest absolute Gasteiger partial charge is 0.0589 e. The third kappa shape index (κ3) is 4.52. The molecule has 1 saturated carbocycles. The highest BCUT2D eigenvalue weighted by molar-refractivity contribution is 4.85. The topological polar surface area (TPSA) is 24.5 Å². The molecule has 18 heavy (non-hydrogen) atoms. The number of hydrogen-bond donors (Lipinski definition) is 1. The Morgan fingerprint density at radius 3 is 2.22 bits per heavy atom. The van der Waals surface area contributed by atoms with Gasteiger partial charge in [0.15, 0.2) is 0 Å². The lowest BCUT2D eigenvalue weighted by atomic mass is 9.89. The second kappa shape index (κ2) is 8.89. The molecule has 1 aliphatic carbocycles. The summed E-state index contributed by atoms with van der Waals surface area (Å²) in [6, 6.07) is 2.25. The third-order valence-electron chi connectivity index (χ3n) is 4.54. The minimum atomic E-state index is 0.733. The Morgan fingerprint density at radius 1 is 1.17 bits per heavy atom. The molecule has 0 atom stereocenters. The Labute approximate surface area is 113 Å². The van der Waals surface area contributed by atoms with E-state index in [1.54, 1.807) is 0 Å². The van der Waals surface area contributed by atoms with Gasteiger partial charge in [-0.15, -0.1) is 0 Å². The van der Waals surface area contributed by atoms with Crippen molar-refractivity contribution in [2.75, 3.05) is 27.3 Å². The lowest BCUT2D eigenvalue weighted by Crippen LogP contribution is -2.47. The molecule has 3 nitrogen and oxygen atoms in total. The van der Waals surface area contributed by atoms with Gasteiger partial charge in [0.2, 0.25) is 0 Å². The van der Waals surface area contributed by atoms with Crippen LogP contribution in [0.3, 0.4) is 0 Å². The number of ether oxygens (including phenoxy) is 1. The molecular weight excluding hydrogens is 224 g/mol. The van der Waals surface area contributed by atoms with Crippen molar-refractivity contribution in [2.45, 2.75) is 70.5 Å². The molecule has 1 N–H and O–H groups in total. The molecule has 0 aromatic carbocycles. The fraction of sp³-hybridized carbons (Fsp3) is 1.00. The van der Waals surface area contributed by atoms with Crippen LogP contribution in [0.15, 0.2) is 0 Å². The highest BCUT2D eigenvalue weighted by Gasteiger charge is 2.28. The van der Waals surface area contributed by atoms with Gasteiger partial charge in [-0.05, 0) is 45.6 Å². The van der Waals surface area contributed by atoms with Crippen molar-refractivity contribution in [3.05, 3.63) is 0 Å². The quantitative estimate of drug-likeness (QED) is 0.722. The third-order valence-corrected chi connectivity index (χ3v) is 4.54. The molecule has 0 aromatic rings. The van der Waals surface area contributed by atoms with Crippen LogP contribution in [0.1, 0.15) is 52.4 Å². The van der Waals surface area contributed by atoms with Gasteiger partial charge in [-0.2, -0.15) is 0 Å². The molecule has 0 unspecified atom stereocenters. The first kappa shape index (κ1) is 15.9. The monoisotopic (exact) mass is 256 g/mol. The van der Waals surface area contributed by atoms with Crippen molar-refractivity contribution in [3.63, 3.8) is 0 Å². The van der Waals surface area contributed by atoms with Gasteiger partial charge in [-0.3, -0.25) is 4.90 Å². The zero-order valence-corrected chi connectivity index (χ0v) is 12.7. The number of rotatable bonds is 8. The molecule has 0 radical (unpaired) electrons. The summed E-state index contributed by atoms with van der Waals surface area (Å²) in [5, 5.41) is 3.42. The van der Waals surface area contributed by atoms with Crippen molar-refractivity contribution in [1.29, 1.82) is 0 Å². The first-order valence-electron chi connectivity index (χ1n) is 7.68. The summed E-state index contributed by atoms with van der Waals surface area (Å²) < 4.78 is 5.29. The van der Waals surface area contributed by atoms with Gasteiger partial charge in [0.25, 0.3) is 0 Å². The molecule has 108 valence electrons. The minimum Gasteiger partial charge on any atom is -0.383 e. The Morgan fingerprint density at radius 2 is 1.78 bits per heavy atom. The van der Waals surface area contributed by atoms with E-state index in [1.807, 2.05) is 7.11 Å². The molecule has 0 bridgehead atoms. The molecule has 1 rings (SSSR count). The first-order valence-corrected chi connectivity index (χ1v) is 7.68. The summed E-state index contributed by atoms with van der Waals surface area (Å²) in [5.41, 5.74) is 0. The zero-order valence-electron chi connectivity index (χ0n) is 12.7. The zero-order chi connectivity index (χ0) is 13.4. The highest BCUT2D eigenvalue weighted by Crippen LogP contribution is 2.26. The van der Waals surface area contributed by atoms with E-state index in [4.69, 9.17) is 4.74 Å². The largest absolute Gasteiger partial charge is 0.383 e. The molecule has 3 heteroatoms. The SMILES string of the molecule is CCC(CC)N(CCOC)C1CCC(NC)CC1. The highest BCUT2D eigenvalue weighted by atomic mass is 16.5. The van der Waals surface area contributed by atoms with Gasteiger partial charge in [-0.1, -0.05) is 13.8 Å². The molecule has 0 saturated heterocycles. The standard InChI is InChI=1S/C15H32N2O/c1-5-14(6-2)17(11-12-18-4)15-9-7-13(16-3)8-10-15/h13-16H,5-12H2,1-4H3. The lowest BCUT2D eigenvalue weighted by Gasteiger charge is -2.41. The van der Waals surface area contributed by atoms with E-state index >= 15 is 0 Å². The van der Waals surface area contributed by atoms with E-state index in [2.05, 4.69) is 31.1 Å². The van der Waals surface area contributed by atoms with Crippen LogP contribution in [0.2, 0.25) is 0 Å². The minimum absolute atomic E-state index is 0.733. The Bertz CT molecular complexity index is 199. The lowest BCUT2D eigenvalue weighted by molar-refractivity contribution is 0.0590. The maximum atomic E-state index is 5.29. The van der Waals surface area contributed by atoms with E-state index in [9.17, 15) is 0 Å². The van der Waals surface area contributed by atoms with Crippen LogP contribution in [0.5, 0.6) is 0 Å². The van der Waals surface area contributed by atoms with Gasteiger partial charge in [0.05, 0.1) is 6.61 Å². The molecule has 0 aromatic heterocycles. The Hall–Kier alpha value is -0.120. The van der Waals surface area contributed by atoms with E-state index in [-0.39, 0.29) is 0 Å². The Balaban J connectivity index is 2.53. The summed E-state index contributed by atoms with van der Waals surface area (Å²) in [6.45, 7) is 6.58. The number of hydrogen-bond acceptors (Lipinski definition) is 3. The van der Waals surface area contributed by atoms with Crippen LogP contribution in [0.4, 0.5) is 0 Å². The average molecular weight is 256 g/mol. The Kier molecular flexibility index (Phi) is 7.87. The molecule has 1 fully saturated rings. The summed E-state index contributed by atoms with van der Waals surface area (Å²) in [4.78, 5) is 2.72. The van der Waals surface area contributed by atoms with Crippen LogP contribution < -0.4 is 5.32 Å². The molecular formula is C15H32N2O. The number of nitrogens with zero attached hydrogens (tertiary/aromatic N) is 1. The van der Waals surface area contributed by atoms with Gasteiger partial charge < -0.3 is 10.1 Å². The van der Waals surface area contributed by atoms with Crippen LogP contribution >= 0.6 is 0 Å². The molecule has 0 amide bonds. The van der Waals surface area contributed by atoms with Crippen LogP contribution in [0.25, 0.3) is 0 Å². The van der Waals surface area contributed by atoms with Gasteiger partial charge in [-0.25, -0.2) is 0 Å². The van der Waals surface area contributed by atoms with E-state index < -0.39 is 0 Å². The molecule has 1 aliphatic rings. The normalized spacial score (nSPS) is 25.0. The van der Waals surface area contributed by atoms with E-state index in [0.29, 0.717) is 0 Å². The fourth-order valence-corrected chi connectivity index (χ4v) is 3.31. The first-order chi connectivity index (χ1) is 8.76. The van der Waals surface area contributed by atoms with E-state index in [0.717, 1.165) is 31.3 Å². The van der Waals surface area contributed by atoms with Gasteiger partial charge in [0, 0.05) is 31.8 Å². The van der Waals surface area contributed by atoms with E-state index in [1.165, 1.54) is 38.5 Å². The van der Waals surface area contributed by atoms with Crippen molar-refractivity contribution < 1.29 is 4.74 Å². The maximum Gasteiger partial charge on any atom is 0.0589 e. The summed E-state index contributed by atoms with van der Waals surface area (Å²) in [6.07, 6.45) is 7.84. The van der Waals surface area contributed by atoms with Crippen LogP contribution in [-0.2, 0) is 4.74 Å². The summed E-state index contributed by atoms with van der Waals surface area (Å²) in [7, 11) is 3.90. The molecule has 0 spiro atoms. The van der Waals surface area contributed by atoms with Crippen LogP contribution in [-0.4, -0.2) is 50.3 Å². The fourth-order valence-electron chi connectivity index (χ4n) is 3.31. The molecule has 0 aliphatic heterocycles. The summed E-state index contributed by atoms with van der Waals surface area (Å²) >= 11 is 0. The van der Waals surface area contributed by atoms with Gasteiger partial charge >= 0.3 is 0 Å². The van der Waals surface area contributed by atoms with Gasteiger partial charge in [0.1, 0.15) is 0 Å². The van der Waals surface area contributed by atoms with Crippen molar-refractivity contribution in [3.8, 4) is 0 Å². The van der Waals surface area contributed by atoms with Crippen molar-refractivity contribution in [2.24, 2.45) is 0 Å². The summed E-state index contributed by atoms with van der Waals surface area (Å²) in [5.74, 6) is 0. The average Bonchev–Trinajstić information content (AvgIpc) is 2.43. The van der Waals surface area contributed by atoms with Crippen LogP contribution in [0, 0.1) is 0 Å². The number of methoxy groups -OCH3 is 1. The second-order valence-electron chi connectivity index (χ2n) is 5.50. The van der Waals surface area contributed by atoms with Crippen molar-refractivity contribution in [1.82, 2.24) is 10.2 Å². The number of nitrogens with one attached hydrogen (secondary N) is 1. The van der Waals surface area contributed by atoms with Crippen molar-refractivity contribution >= 4 is 0 Å². The predicted octanol–water partition coefficient (Wildman–Crippen LogP) is 2.65.